The molecule has 1 unspecified atom stereocenters. The van der Waals surface area contributed by atoms with Crippen LogP contribution in [0.4, 0.5) is 5.69 Å². The van der Waals surface area contributed by atoms with Gasteiger partial charge in [-0.15, -0.1) is 11.3 Å². The molecule has 18 nitrogen and oxygen atoms in total. The van der Waals surface area contributed by atoms with Crippen LogP contribution >= 0.6 is 11.3 Å². The Morgan fingerprint density at radius 1 is 0.819 bits per heavy atom. The molecule has 3 aromatic carbocycles. The molecule has 6 N–H and O–H groups in total. The SMILES string of the molecule is CCN(c1cc(-c2ccc(CN3CCN(CC(=O)NCCCCCC(=O)NC(C(=O)N4C[C@H](O)C[C@H]4C(=O)NCc4ccc(-c5scnc5C)cc4)C(C)(C)C)CC3)cc2)cc(C(=O)NCc2c(C)cc(C)[nH]c2=O)c1C)C1CCOCC1. The highest BCUT2D eigenvalue weighted by atomic mass is 32.1. The molecular weight excluding hydrogens is 1070 g/mol. The Morgan fingerprint density at radius 2 is 1.51 bits per heavy atom. The van der Waals surface area contributed by atoms with Crippen LogP contribution in [-0.2, 0) is 43.5 Å². The summed E-state index contributed by atoms with van der Waals surface area (Å²) in [5.41, 5.74) is 11.7. The van der Waals surface area contributed by atoms with Crippen LogP contribution in [0.2, 0.25) is 0 Å². The number of benzene rings is 3. The molecule has 5 aromatic rings. The molecule has 2 aromatic heterocycles. The number of hydrogen-bond donors (Lipinski definition) is 6. The number of carbonyl (C=O) groups excluding carboxylic acids is 5. The van der Waals surface area contributed by atoms with Gasteiger partial charge in [-0.1, -0.05) is 75.7 Å². The lowest BCUT2D eigenvalue weighted by Crippen LogP contribution is -2.57. The summed E-state index contributed by atoms with van der Waals surface area (Å²) in [5, 5.41) is 22.6. The van der Waals surface area contributed by atoms with Gasteiger partial charge in [-0.3, -0.25) is 38.6 Å². The monoisotopic (exact) mass is 1150 g/mol. The summed E-state index contributed by atoms with van der Waals surface area (Å²) in [4.78, 5) is 97.5. The number of aromatic amines is 1. The molecule has 8 rings (SSSR count). The van der Waals surface area contributed by atoms with Crippen LogP contribution in [0.5, 0.6) is 0 Å². The molecule has 5 heterocycles. The number of β-amino-alcohol motifs (C(OH)–C–C–N with tert-alkyl or cyclic N) is 1. The van der Waals surface area contributed by atoms with Crippen LogP contribution in [0.25, 0.3) is 21.6 Å². The molecule has 0 aliphatic carbocycles. The fourth-order valence-corrected chi connectivity index (χ4v) is 12.5. The highest BCUT2D eigenvalue weighted by Gasteiger charge is 2.44. The number of aliphatic hydroxyl groups excluding tert-OH is 1. The third-order valence-corrected chi connectivity index (χ3v) is 17.4. The van der Waals surface area contributed by atoms with Gasteiger partial charge in [0.2, 0.25) is 23.6 Å². The Labute approximate surface area is 493 Å². The minimum atomic E-state index is -0.903. The summed E-state index contributed by atoms with van der Waals surface area (Å²) in [5.74, 6) is -1.27. The van der Waals surface area contributed by atoms with Crippen molar-refractivity contribution in [3.05, 3.63) is 127 Å². The van der Waals surface area contributed by atoms with E-state index in [-0.39, 0.29) is 61.7 Å². The molecular formula is C64H86N10O8S. The van der Waals surface area contributed by atoms with E-state index in [0.717, 1.165) is 107 Å². The number of carbonyl (C=O) groups is 5. The topological polar surface area (TPSA) is 222 Å². The van der Waals surface area contributed by atoms with Crippen molar-refractivity contribution in [2.24, 2.45) is 5.41 Å². The number of nitrogens with zero attached hydrogens (tertiary/aromatic N) is 5. The van der Waals surface area contributed by atoms with Crippen LogP contribution in [0.15, 0.2) is 77.0 Å². The molecule has 3 fully saturated rings. The molecule has 0 spiro atoms. The largest absolute Gasteiger partial charge is 0.391 e. The van der Waals surface area contributed by atoms with E-state index >= 15 is 0 Å². The summed E-state index contributed by atoms with van der Waals surface area (Å²) in [6.45, 7) is 22.9. The van der Waals surface area contributed by atoms with Crippen molar-refractivity contribution in [3.8, 4) is 21.6 Å². The third-order valence-electron chi connectivity index (χ3n) is 16.5. The van der Waals surface area contributed by atoms with Gasteiger partial charge in [0.15, 0.2) is 0 Å². The van der Waals surface area contributed by atoms with E-state index in [1.54, 1.807) is 11.3 Å². The van der Waals surface area contributed by atoms with Gasteiger partial charge in [0, 0.05) is 120 Å². The Kier molecular flexibility index (Phi) is 21.5. The summed E-state index contributed by atoms with van der Waals surface area (Å²) < 4.78 is 5.71. The number of ether oxygens (including phenoxy) is 1. The van der Waals surface area contributed by atoms with Crippen LogP contribution in [-0.4, -0.2) is 149 Å². The highest BCUT2D eigenvalue weighted by molar-refractivity contribution is 7.13. The second-order valence-electron chi connectivity index (χ2n) is 23.8. The number of rotatable bonds is 23. The van der Waals surface area contributed by atoms with E-state index in [1.807, 2.05) is 90.4 Å². The average Bonchev–Trinajstić information content (AvgIpc) is 4.22. The summed E-state index contributed by atoms with van der Waals surface area (Å²) in [7, 11) is 0. The first-order chi connectivity index (χ1) is 39.8. The molecule has 0 bridgehead atoms. The predicted octanol–water partition coefficient (Wildman–Crippen LogP) is 6.94. The minimum absolute atomic E-state index is 0.00351. The zero-order valence-electron chi connectivity index (χ0n) is 49.8. The second-order valence-corrected chi connectivity index (χ2v) is 24.6. The minimum Gasteiger partial charge on any atom is -0.391 e. The number of H-pyrrole nitrogens is 1. The molecule has 446 valence electrons. The molecule has 0 saturated carbocycles. The number of hydrogen-bond acceptors (Lipinski definition) is 13. The van der Waals surface area contributed by atoms with Gasteiger partial charge in [-0.05, 0) is 123 Å². The number of pyridine rings is 1. The van der Waals surface area contributed by atoms with E-state index in [0.29, 0.717) is 62.7 Å². The quantitative estimate of drug-likeness (QED) is 0.0367. The Balaban J connectivity index is 0.753. The number of aryl methyl sites for hydroxylation is 3. The van der Waals surface area contributed by atoms with Crippen molar-refractivity contribution in [2.75, 3.05) is 70.5 Å². The maximum Gasteiger partial charge on any atom is 0.253 e. The van der Waals surface area contributed by atoms with Crippen LogP contribution in [0.3, 0.4) is 0 Å². The highest BCUT2D eigenvalue weighted by Crippen LogP contribution is 2.35. The normalized spacial score (nSPS) is 17.5. The Hall–Kier alpha value is -6.77. The van der Waals surface area contributed by atoms with Crippen molar-refractivity contribution in [2.45, 2.75) is 144 Å². The molecule has 3 aliphatic heterocycles. The first kappa shape index (κ1) is 62.3. The number of amides is 5. The molecule has 0 radical (unpaired) electrons. The zero-order valence-corrected chi connectivity index (χ0v) is 50.6. The van der Waals surface area contributed by atoms with Crippen molar-refractivity contribution >= 4 is 46.6 Å². The molecule has 5 amide bonds. The standard InChI is InChI=1S/C64H86N10O8S/c1-9-73(50-22-29-82-30-23-50)54-33-49(32-52(43(54)4)60(78)67-36-53-41(2)31-42(3)69-61(53)79)47-18-16-46(17-19-47)37-71-25-27-72(28-26-71)39-57(77)65-24-12-10-11-13-56(76)70-59(64(6,7)8)63(81)74-38-51(75)34-55(74)62(80)66-35-45-14-20-48(21-15-45)58-44(5)68-40-83-58/h14-21,31-33,40,50-51,55,59,75H,9-13,22-30,34-39H2,1-8H3,(H,65,77)(H,66,80)(H,67,78)(H,69,79)(H,70,76)/t51-,55+,59?/m1/s1. The fourth-order valence-electron chi connectivity index (χ4n) is 11.6. The third kappa shape index (κ3) is 16.5. The van der Waals surface area contributed by atoms with Gasteiger partial charge in [0.05, 0.1) is 28.7 Å². The molecule has 3 aliphatic rings. The van der Waals surface area contributed by atoms with Gasteiger partial charge in [-0.2, -0.15) is 0 Å². The molecule has 3 saturated heterocycles. The van der Waals surface area contributed by atoms with Crippen molar-refractivity contribution in [1.82, 2.24) is 45.9 Å². The van der Waals surface area contributed by atoms with E-state index in [2.05, 4.69) is 83.2 Å². The van der Waals surface area contributed by atoms with Gasteiger partial charge >= 0.3 is 0 Å². The first-order valence-corrected chi connectivity index (χ1v) is 30.5. The van der Waals surface area contributed by atoms with Crippen molar-refractivity contribution in [3.63, 3.8) is 0 Å². The Morgan fingerprint density at radius 3 is 2.17 bits per heavy atom. The maximum absolute atomic E-state index is 14.1. The van der Waals surface area contributed by atoms with E-state index in [9.17, 15) is 33.9 Å². The number of anilines is 1. The van der Waals surface area contributed by atoms with Gasteiger partial charge < -0.3 is 45.9 Å². The van der Waals surface area contributed by atoms with E-state index < -0.39 is 29.5 Å². The number of aliphatic hydroxyl groups is 1. The summed E-state index contributed by atoms with van der Waals surface area (Å²) in [6, 6.07) is 21.1. The molecule has 3 atom stereocenters. The second kappa shape index (κ2) is 28.7. The van der Waals surface area contributed by atoms with Crippen LogP contribution in [0, 0.1) is 33.1 Å². The molecule has 19 heteroatoms. The van der Waals surface area contributed by atoms with Gasteiger partial charge in [0.25, 0.3) is 11.5 Å². The van der Waals surface area contributed by atoms with Gasteiger partial charge in [-0.25, -0.2) is 4.98 Å². The van der Waals surface area contributed by atoms with Crippen molar-refractivity contribution in [1.29, 1.82) is 0 Å². The Bertz CT molecular complexity index is 3100. The van der Waals surface area contributed by atoms with Gasteiger partial charge in [0.1, 0.15) is 12.1 Å². The number of unbranched alkanes of at least 4 members (excludes halogenated alkanes) is 2. The predicted molar refractivity (Wildman–Crippen MR) is 326 cm³/mol. The number of thiazole rings is 1. The smallest absolute Gasteiger partial charge is 0.253 e. The van der Waals surface area contributed by atoms with E-state index in [4.69, 9.17) is 4.74 Å². The maximum atomic E-state index is 14.1. The molecule has 83 heavy (non-hydrogen) atoms. The first-order valence-electron chi connectivity index (χ1n) is 29.6. The zero-order chi connectivity index (χ0) is 59.4. The fraction of sp³-hybridized carbons (Fsp3) is 0.516. The number of nitrogens with one attached hydrogen (secondary N) is 5. The number of aromatic nitrogens is 2. The lowest BCUT2D eigenvalue weighted by Gasteiger charge is -2.37. The van der Waals surface area contributed by atoms with Crippen LogP contribution < -0.4 is 31.7 Å². The lowest BCUT2D eigenvalue weighted by atomic mass is 9.85. The van der Waals surface area contributed by atoms with Crippen molar-refractivity contribution < 1.29 is 33.8 Å². The van der Waals surface area contributed by atoms with Crippen LogP contribution in [0.1, 0.15) is 122 Å². The average molecular weight is 1160 g/mol. The number of piperazine rings is 1. The summed E-state index contributed by atoms with van der Waals surface area (Å²) >= 11 is 1.58. The number of likely N-dealkylation sites (tertiary alicyclic amines) is 1. The van der Waals surface area contributed by atoms with E-state index in [1.165, 1.54) is 10.5 Å². The summed E-state index contributed by atoms with van der Waals surface area (Å²) in [6.07, 6.45) is 3.29. The lowest BCUT2D eigenvalue weighted by molar-refractivity contribution is -0.144.